The van der Waals surface area contributed by atoms with Gasteiger partial charge in [0.1, 0.15) is 0 Å². The van der Waals surface area contributed by atoms with Gasteiger partial charge in [0.05, 0.1) is 0 Å². The van der Waals surface area contributed by atoms with Crippen LogP contribution in [-0.4, -0.2) is 25.3 Å². The molecule has 0 amide bonds. The number of allylic oxidation sites excluding steroid dienone is 7. The van der Waals surface area contributed by atoms with Gasteiger partial charge in [-0.1, -0.05) is 0 Å². The van der Waals surface area contributed by atoms with E-state index in [1.807, 2.05) is 85.0 Å². The summed E-state index contributed by atoms with van der Waals surface area (Å²) in [7, 11) is -2.53. The van der Waals surface area contributed by atoms with Gasteiger partial charge in [-0.05, 0) is 0 Å². The Morgan fingerprint density at radius 1 is 0.816 bits per heavy atom. The standard InChI is InChI=1S/C31H28ClNO4Se/c1-31(2)26-18-10-11-19-27(26)33(3)30(31)20-12-13-23-21-28(24-14-6-4-7-15-24)38(37-32(34,35)36)29(22-23)25-16-8-5-9-17-25/h4-22H,1-3H3/b13-12+,30-20-. The van der Waals surface area contributed by atoms with Crippen molar-refractivity contribution in [3.05, 3.63) is 143 Å². The zero-order valence-corrected chi connectivity index (χ0v) is 23.8. The average molecular weight is 593 g/mol. The third kappa shape index (κ3) is 5.39. The van der Waals surface area contributed by atoms with Crippen LogP contribution in [0.4, 0.5) is 5.69 Å². The molecule has 0 saturated heterocycles. The first-order valence-corrected chi connectivity index (χ1v) is 15.8. The van der Waals surface area contributed by atoms with Crippen molar-refractivity contribution in [2.75, 3.05) is 11.9 Å². The van der Waals surface area contributed by atoms with Crippen molar-refractivity contribution in [3.8, 4) is 0 Å². The van der Waals surface area contributed by atoms with Gasteiger partial charge in [-0.25, -0.2) is 0 Å². The number of halogens is 1. The molecular weight excluding hydrogens is 565 g/mol. The molecule has 0 aromatic heterocycles. The molecule has 2 heterocycles. The molecule has 0 bridgehead atoms. The van der Waals surface area contributed by atoms with E-state index in [1.165, 1.54) is 16.9 Å². The summed E-state index contributed by atoms with van der Waals surface area (Å²) in [4.78, 5) is 2.22. The maximum atomic E-state index is 11.8. The van der Waals surface area contributed by atoms with E-state index in [4.69, 9.17) is 3.37 Å². The number of para-hydroxylation sites is 1. The summed E-state index contributed by atoms with van der Waals surface area (Å²) >= 11 is -2.69. The summed E-state index contributed by atoms with van der Waals surface area (Å²) < 4.78 is 42.0. The molecule has 2 aliphatic rings. The van der Waals surface area contributed by atoms with Gasteiger partial charge in [-0.2, -0.15) is 0 Å². The van der Waals surface area contributed by atoms with Crippen LogP contribution in [0.3, 0.4) is 0 Å². The Labute approximate surface area is 229 Å². The van der Waals surface area contributed by atoms with Crippen LogP contribution >= 0.6 is 0 Å². The summed E-state index contributed by atoms with van der Waals surface area (Å²) in [6, 6.07) is 27.4. The van der Waals surface area contributed by atoms with Crippen LogP contribution in [0.1, 0.15) is 30.5 Å². The van der Waals surface area contributed by atoms with Gasteiger partial charge in [0.2, 0.25) is 0 Å². The van der Waals surface area contributed by atoms with Crippen LogP contribution in [0.25, 0.3) is 4.47 Å². The molecule has 0 N–H and O–H groups in total. The Morgan fingerprint density at radius 2 is 1.42 bits per heavy atom. The number of nitrogens with zero attached hydrogens (tertiary/aromatic N) is 1. The molecule has 0 spiro atoms. The van der Waals surface area contributed by atoms with E-state index in [1.54, 1.807) is 0 Å². The molecule has 3 aromatic rings. The molecule has 0 fully saturated rings. The quantitative estimate of drug-likeness (QED) is 0.411. The van der Waals surface area contributed by atoms with Crippen molar-refractivity contribution in [2.24, 2.45) is 0 Å². The first-order chi connectivity index (χ1) is 18.1. The van der Waals surface area contributed by atoms with Gasteiger partial charge in [0, 0.05) is 0 Å². The molecular formula is C31H28ClNO4Se. The minimum absolute atomic E-state index is 0.143. The van der Waals surface area contributed by atoms with Crippen LogP contribution in [0.5, 0.6) is 0 Å². The number of benzene rings is 3. The van der Waals surface area contributed by atoms with Crippen molar-refractivity contribution in [3.63, 3.8) is 0 Å². The second kappa shape index (κ2) is 10.6. The zero-order chi connectivity index (χ0) is 26.9. The molecule has 194 valence electrons. The molecule has 5 nitrogen and oxygen atoms in total. The Kier molecular flexibility index (Phi) is 7.40. The van der Waals surface area contributed by atoms with Gasteiger partial charge in [-0.3, -0.25) is 0 Å². The SMILES string of the molecule is CN1/C(=C\C=C\C2=CC(c3ccccc3)=[Se](O[Cl+3]([O-])([O-])[O-])C(c3ccccc3)=C2)C(C)(C)c2ccccc21. The van der Waals surface area contributed by atoms with Crippen LogP contribution in [0.15, 0.2) is 127 Å². The van der Waals surface area contributed by atoms with E-state index in [0.717, 1.165) is 25.6 Å². The second-order valence-electron chi connectivity index (χ2n) is 9.57. The zero-order valence-electron chi connectivity index (χ0n) is 21.3. The molecule has 38 heavy (non-hydrogen) atoms. The third-order valence-electron chi connectivity index (χ3n) is 6.73. The van der Waals surface area contributed by atoms with Crippen LogP contribution in [0.2, 0.25) is 0 Å². The molecule has 1 atom stereocenters. The summed E-state index contributed by atoms with van der Waals surface area (Å²) in [5.74, 6) is 0. The topological polar surface area (TPSA) is 81.7 Å². The number of hydrogen-bond donors (Lipinski definition) is 0. The first-order valence-electron chi connectivity index (χ1n) is 12.1. The number of hydrogen-bond acceptors (Lipinski definition) is 5. The number of fused-ring (bicyclic) bond motifs is 1. The predicted octanol–water partition coefficient (Wildman–Crippen LogP) is 3.12. The maximum absolute atomic E-state index is 11.8. The van der Waals surface area contributed by atoms with Crippen molar-refractivity contribution < 1.29 is 27.6 Å². The number of likely N-dealkylation sites (N-methyl/N-ethyl adjacent to an activating group) is 1. The van der Waals surface area contributed by atoms with E-state index < -0.39 is 24.0 Å². The van der Waals surface area contributed by atoms with Crippen molar-refractivity contribution in [1.82, 2.24) is 0 Å². The van der Waals surface area contributed by atoms with Crippen molar-refractivity contribution in [1.29, 1.82) is 0 Å². The van der Waals surface area contributed by atoms with Crippen LogP contribution in [0, 0.1) is 10.2 Å². The van der Waals surface area contributed by atoms with E-state index in [2.05, 4.69) is 56.1 Å². The van der Waals surface area contributed by atoms with E-state index in [-0.39, 0.29) is 5.41 Å². The Bertz CT molecular complexity index is 1500. The van der Waals surface area contributed by atoms with E-state index in [0.29, 0.717) is 0 Å². The van der Waals surface area contributed by atoms with Gasteiger partial charge >= 0.3 is 230 Å². The fourth-order valence-corrected chi connectivity index (χ4v) is 10.1. The number of anilines is 1. The van der Waals surface area contributed by atoms with Gasteiger partial charge < -0.3 is 0 Å². The van der Waals surface area contributed by atoms with Crippen LogP contribution in [-0.2, 0) is 8.79 Å². The molecule has 5 rings (SSSR count). The fourth-order valence-electron chi connectivity index (χ4n) is 4.95. The number of rotatable bonds is 6. The molecule has 0 radical (unpaired) electrons. The Morgan fingerprint density at radius 3 is 2.05 bits per heavy atom. The summed E-state index contributed by atoms with van der Waals surface area (Å²) in [5.41, 5.74) is 6.06. The average Bonchev–Trinajstić information content (AvgIpc) is 3.10. The Balaban J connectivity index is 1.60. The predicted molar refractivity (Wildman–Crippen MR) is 145 cm³/mol. The molecule has 7 heteroatoms. The summed E-state index contributed by atoms with van der Waals surface area (Å²) in [6.45, 7) is 4.44. The molecule has 1 unspecified atom stereocenters. The Hall–Kier alpha value is -3.06. The second-order valence-corrected chi connectivity index (χ2v) is 14.2. The summed E-state index contributed by atoms with van der Waals surface area (Å²) in [5, 5.41) is 0. The molecule has 0 aliphatic carbocycles. The summed E-state index contributed by atoms with van der Waals surface area (Å²) in [6.07, 6.45) is 10.0. The van der Waals surface area contributed by atoms with Crippen molar-refractivity contribution in [2.45, 2.75) is 19.3 Å². The van der Waals surface area contributed by atoms with Gasteiger partial charge in [0.25, 0.3) is 0 Å². The molecule has 3 aromatic carbocycles. The fraction of sp³-hybridized carbons (Fsp3) is 0.129. The van der Waals surface area contributed by atoms with E-state index in [9.17, 15) is 14.0 Å². The first kappa shape index (κ1) is 26.5. The molecule has 0 saturated carbocycles. The normalized spacial score (nSPS) is 20.1. The third-order valence-corrected chi connectivity index (χ3v) is 11.9. The van der Waals surface area contributed by atoms with Gasteiger partial charge in [-0.15, -0.1) is 0 Å². The monoisotopic (exact) mass is 593 g/mol. The van der Waals surface area contributed by atoms with Gasteiger partial charge in [0.15, 0.2) is 0 Å². The van der Waals surface area contributed by atoms with E-state index >= 15 is 0 Å². The molecule has 2 aliphatic heterocycles. The van der Waals surface area contributed by atoms with Crippen molar-refractivity contribution >= 4 is 28.4 Å². The minimum atomic E-state index is -4.61. The van der Waals surface area contributed by atoms with Crippen LogP contribution < -0.4 is 18.9 Å².